The van der Waals surface area contributed by atoms with Crippen molar-refractivity contribution in [2.45, 2.75) is 19.8 Å². The third kappa shape index (κ3) is 3.01. The summed E-state index contributed by atoms with van der Waals surface area (Å²) >= 11 is 0. The second-order valence-electron chi connectivity index (χ2n) is 3.22. The lowest BCUT2D eigenvalue weighted by molar-refractivity contribution is -0.136. The highest BCUT2D eigenvalue weighted by Gasteiger charge is 2.07. The molecule has 14 heavy (non-hydrogen) atoms. The molecule has 0 fully saturated rings. The average molecular weight is 192 g/mol. The molecule has 1 aromatic carbocycles. The Morgan fingerprint density at radius 2 is 1.64 bits per heavy atom. The second kappa shape index (κ2) is 4.56. The summed E-state index contributed by atoms with van der Waals surface area (Å²) in [6.07, 6.45) is 0.285. The molecule has 0 saturated heterocycles. The van der Waals surface area contributed by atoms with Crippen LogP contribution >= 0.6 is 0 Å². The van der Waals surface area contributed by atoms with E-state index in [1.165, 1.54) is 6.92 Å². The molecule has 74 valence electrons. The molecule has 1 N–H and O–H groups in total. The predicted molar refractivity (Wildman–Crippen MR) is 52.2 cm³/mol. The molecular formula is C11H12O3. The molecule has 0 aliphatic carbocycles. The Morgan fingerprint density at radius 3 is 2.07 bits per heavy atom. The van der Waals surface area contributed by atoms with Gasteiger partial charge >= 0.3 is 5.97 Å². The molecule has 3 nitrogen and oxygen atoms in total. The molecule has 0 heterocycles. The Kier molecular flexibility index (Phi) is 3.40. The van der Waals surface area contributed by atoms with Gasteiger partial charge in [0, 0.05) is 6.42 Å². The van der Waals surface area contributed by atoms with Crippen molar-refractivity contribution >= 4 is 11.8 Å². The SMILES string of the molecule is CC(=O)Cc1ccccc1CC(=O)O. The van der Waals surface area contributed by atoms with Crippen molar-refractivity contribution in [3.8, 4) is 0 Å². The van der Waals surface area contributed by atoms with Gasteiger partial charge in [0.1, 0.15) is 5.78 Å². The Labute approximate surface area is 82.4 Å². The van der Waals surface area contributed by atoms with Crippen LogP contribution in [0.15, 0.2) is 24.3 Å². The molecule has 0 spiro atoms. The summed E-state index contributed by atoms with van der Waals surface area (Å²) in [7, 11) is 0. The first-order valence-corrected chi connectivity index (χ1v) is 4.37. The molecule has 0 aliphatic rings. The monoisotopic (exact) mass is 192 g/mol. The van der Waals surface area contributed by atoms with Gasteiger partial charge in [-0.15, -0.1) is 0 Å². The van der Waals surface area contributed by atoms with Gasteiger partial charge in [-0.2, -0.15) is 0 Å². The van der Waals surface area contributed by atoms with Crippen LogP contribution in [0, 0.1) is 0 Å². The summed E-state index contributed by atoms with van der Waals surface area (Å²) in [5.74, 6) is -0.830. The van der Waals surface area contributed by atoms with Crippen molar-refractivity contribution in [2.75, 3.05) is 0 Å². The summed E-state index contributed by atoms with van der Waals surface area (Å²) in [6.45, 7) is 1.50. The molecule has 0 aromatic heterocycles. The van der Waals surface area contributed by atoms with Gasteiger partial charge in [0.2, 0.25) is 0 Å². The highest BCUT2D eigenvalue weighted by molar-refractivity contribution is 5.79. The lowest BCUT2D eigenvalue weighted by atomic mass is 10.0. The number of ketones is 1. The summed E-state index contributed by atoms with van der Waals surface area (Å²) in [6, 6.07) is 7.12. The molecule has 1 rings (SSSR count). The normalized spacial score (nSPS) is 9.79. The van der Waals surface area contributed by atoms with Crippen LogP contribution in [0.2, 0.25) is 0 Å². The largest absolute Gasteiger partial charge is 0.481 e. The van der Waals surface area contributed by atoms with Crippen molar-refractivity contribution in [2.24, 2.45) is 0 Å². The maximum atomic E-state index is 10.9. The fourth-order valence-electron chi connectivity index (χ4n) is 1.33. The molecule has 0 atom stereocenters. The fourth-order valence-corrected chi connectivity index (χ4v) is 1.33. The number of rotatable bonds is 4. The zero-order valence-electron chi connectivity index (χ0n) is 7.99. The summed E-state index contributed by atoms with van der Waals surface area (Å²) in [5.41, 5.74) is 1.53. The first-order valence-electron chi connectivity index (χ1n) is 4.37. The van der Waals surface area contributed by atoms with E-state index in [1.54, 1.807) is 18.2 Å². The highest BCUT2D eigenvalue weighted by atomic mass is 16.4. The molecule has 0 radical (unpaired) electrons. The number of hydrogen-bond acceptors (Lipinski definition) is 2. The van der Waals surface area contributed by atoms with E-state index in [2.05, 4.69) is 0 Å². The zero-order valence-corrected chi connectivity index (χ0v) is 7.99. The van der Waals surface area contributed by atoms with Crippen LogP contribution in [0.1, 0.15) is 18.1 Å². The Hall–Kier alpha value is -1.64. The van der Waals surface area contributed by atoms with E-state index in [9.17, 15) is 9.59 Å². The smallest absolute Gasteiger partial charge is 0.307 e. The standard InChI is InChI=1S/C11H12O3/c1-8(12)6-9-4-2-3-5-10(9)7-11(13)14/h2-5H,6-7H2,1H3,(H,13,14). The van der Waals surface area contributed by atoms with Gasteiger partial charge in [-0.05, 0) is 18.1 Å². The van der Waals surface area contributed by atoms with E-state index in [-0.39, 0.29) is 12.2 Å². The Balaban J connectivity index is 2.90. The number of hydrogen-bond donors (Lipinski definition) is 1. The van der Waals surface area contributed by atoms with Crippen LogP contribution in [0.25, 0.3) is 0 Å². The minimum absolute atomic E-state index is 0.0244. The van der Waals surface area contributed by atoms with Gasteiger partial charge in [-0.1, -0.05) is 24.3 Å². The van der Waals surface area contributed by atoms with E-state index >= 15 is 0 Å². The number of carboxylic acid groups (broad SMARTS) is 1. The molecule has 0 amide bonds. The number of carbonyl (C=O) groups is 2. The molecule has 3 heteroatoms. The number of aliphatic carboxylic acids is 1. The molecule has 0 bridgehead atoms. The van der Waals surface area contributed by atoms with Gasteiger partial charge in [0.25, 0.3) is 0 Å². The lowest BCUT2D eigenvalue weighted by Gasteiger charge is -2.04. The van der Waals surface area contributed by atoms with Crippen molar-refractivity contribution in [3.05, 3.63) is 35.4 Å². The van der Waals surface area contributed by atoms with E-state index in [0.29, 0.717) is 6.42 Å². The van der Waals surface area contributed by atoms with Crippen LogP contribution in [-0.4, -0.2) is 16.9 Å². The lowest BCUT2D eigenvalue weighted by Crippen LogP contribution is -2.06. The summed E-state index contributed by atoms with van der Waals surface area (Å²) in [4.78, 5) is 21.4. The van der Waals surface area contributed by atoms with Crippen LogP contribution in [0.3, 0.4) is 0 Å². The van der Waals surface area contributed by atoms with Gasteiger partial charge in [-0.3, -0.25) is 9.59 Å². The molecule has 0 aliphatic heterocycles. The number of benzene rings is 1. The molecule has 0 saturated carbocycles. The average Bonchev–Trinajstić information content (AvgIpc) is 2.06. The zero-order chi connectivity index (χ0) is 10.6. The van der Waals surface area contributed by atoms with Crippen molar-refractivity contribution in [1.29, 1.82) is 0 Å². The maximum Gasteiger partial charge on any atom is 0.307 e. The third-order valence-corrected chi connectivity index (χ3v) is 1.90. The maximum absolute atomic E-state index is 10.9. The van der Waals surface area contributed by atoms with Crippen LogP contribution in [0.4, 0.5) is 0 Å². The predicted octanol–water partition coefficient (Wildman–Crippen LogP) is 1.45. The topological polar surface area (TPSA) is 54.4 Å². The van der Waals surface area contributed by atoms with E-state index in [0.717, 1.165) is 11.1 Å². The van der Waals surface area contributed by atoms with Crippen molar-refractivity contribution in [1.82, 2.24) is 0 Å². The quantitative estimate of drug-likeness (QED) is 0.785. The molecule has 1 aromatic rings. The first-order chi connectivity index (χ1) is 6.59. The Morgan fingerprint density at radius 1 is 1.14 bits per heavy atom. The van der Waals surface area contributed by atoms with Crippen molar-refractivity contribution < 1.29 is 14.7 Å². The number of carboxylic acids is 1. The highest BCUT2D eigenvalue weighted by Crippen LogP contribution is 2.10. The van der Waals surface area contributed by atoms with Crippen LogP contribution in [-0.2, 0) is 22.4 Å². The van der Waals surface area contributed by atoms with E-state index in [4.69, 9.17) is 5.11 Å². The summed E-state index contributed by atoms with van der Waals surface area (Å²) in [5, 5.41) is 8.64. The van der Waals surface area contributed by atoms with Gasteiger partial charge < -0.3 is 5.11 Å². The van der Waals surface area contributed by atoms with Crippen LogP contribution < -0.4 is 0 Å². The second-order valence-corrected chi connectivity index (χ2v) is 3.22. The fraction of sp³-hybridized carbons (Fsp3) is 0.273. The molecular weight excluding hydrogens is 180 g/mol. The summed E-state index contributed by atoms with van der Waals surface area (Å²) < 4.78 is 0. The minimum Gasteiger partial charge on any atom is -0.481 e. The molecule has 0 unspecified atom stereocenters. The number of Topliss-reactive ketones (excluding diaryl/α,β-unsaturated/α-hetero) is 1. The Bertz CT molecular complexity index is 320. The van der Waals surface area contributed by atoms with E-state index < -0.39 is 5.97 Å². The van der Waals surface area contributed by atoms with E-state index in [1.807, 2.05) is 6.07 Å². The van der Waals surface area contributed by atoms with Gasteiger partial charge in [0.15, 0.2) is 0 Å². The third-order valence-electron chi connectivity index (χ3n) is 1.90. The first kappa shape index (κ1) is 10.4. The van der Waals surface area contributed by atoms with Gasteiger partial charge in [-0.25, -0.2) is 0 Å². The van der Waals surface area contributed by atoms with Crippen molar-refractivity contribution in [3.63, 3.8) is 0 Å². The van der Waals surface area contributed by atoms with Gasteiger partial charge in [0.05, 0.1) is 6.42 Å². The minimum atomic E-state index is -0.874. The number of carbonyl (C=O) groups excluding carboxylic acids is 1. The van der Waals surface area contributed by atoms with Crippen LogP contribution in [0.5, 0.6) is 0 Å².